The van der Waals surface area contributed by atoms with E-state index in [4.69, 9.17) is 11.6 Å². The van der Waals surface area contributed by atoms with Crippen molar-refractivity contribution in [3.63, 3.8) is 0 Å². The minimum atomic E-state index is 0.154. The van der Waals surface area contributed by atoms with Gasteiger partial charge in [-0.2, -0.15) is 0 Å². The molecular formula is C14H21ClN2O. The van der Waals surface area contributed by atoms with Gasteiger partial charge in [0.25, 0.3) is 0 Å². The summed E-state index contributed by atoms with van der Waals surface area (Å²) in [6.45, 7) is 4.29. The fourth-order valence-electron chi connectivity index (χ4n) is 2.53. The Hall–Kier alpha value is -0.770. The number of halogens is 1. The number of phenols is 1. The van der Waals surface area contributed by atoms with Crippen LogP contribution in [0.2, 0.25) is 5.02 Å². The van der Waals surface area contributed by atoms with Gasteiger partial charge in [-0.15, -0.1) is 0 Å². The topological polar surface area (TPSA) is 35.5 Å². The average molecular weight is 269 g/mol. The number of phenolic OH excluding ortho intramolecular Hbond substituents is 1. The molecule has 0 atom stereocenters. The number of hydrogen-bond acceptors (Lipinski definition) is 3. The number of piperidine rings is 1. The summed E-state index contributed by atoms with van der Waals surface area (Å²) in [5, 5.41) is 13.2. The number of nitrogens with one attached hydrogen (secondary N) is 1. The highest BCUT2D eigenvalue weighted by Crippen LogP contribution is 2.24. The van der Waals surface area contributed by atoms with E-state index in [0.717, 1.165) is 37.7 Å². The predicted molar refractivity (Wildman–Crippen MR) is 75.0 cm³/mol. The third-order valence-corrected chi connectivity index (χ3v) is 3.80. The molecule has 0 bridgehead atoms. The lowest BCUT2D eigenvalue weighted by Gasteiger charge is -2.27. The van der Waals surface area contributed by atoms with Crippen LogP contribution in [0, 0.1) is 5.92 Å². The van der Waals surface area contributed by atoms with Crippen LogP contribution in [0.25, 0.3) is 0 Å². The lowest BCUT2D eigenvalue weighted by atomic mass is 9.97. The van der Waals surface area contributed by atoms with Gasteiger partial charge in [0, 0.05) is 13.1 Å². The number of benzene rings is 1. The highest BCUT2D eigenvalue weighted by Gasteiger charge is 2.15. The molecule has 1 aliphatic heterocycles. The fraction of sp³-hybridized carbons (Fsp3) is 0.571. The quantitative estimate of drug-likeness (QED) is 0.881. The Balaban J connectivity index is 1.85. The van der Waals surface area contributed by atoms with Crippen LogP contribution in [0.5, 0.6) is 5.75 Å². The third-order valence-electron chi connectivity index (χ3n) is 3.49. The van der Waals surface area contributed by atoms with Crippen molar-refractivity contribution in [2.75, 3.05) is 26.7 Å². The van der Waals surface area contributed by atoms with Gasteiger partial charge in [-0.1, -0.05) is 17.7 Å². The highest BCUT2D eigenvalue weighted by atomic mass is 35.5. The Morgan fingerprint density at radius 2 is 2.11 bits per heavy atom. The van der Waals surface area contributed by atoms with Crippen molar-refractivity contribution in [2.45, 2.75) is 19.4 Å². The first-order valence-corrected chi connectivity index (χ1v) is 6.89. The normalized spacial score (nSPS) is 17.3. The van der Waals surface area contributed by atoms with E-state index in [1.54, 1.807) is 6.07 Å². The van der Waals surface area contributed by atoms with Crippen LogP contribution in [0.3, 0.4) is 0 Å². The highest BCUT2D eigenvalue weighted by molar-refractivity contribution is 6.32. The molecule has 4 heteroatoms. The Kier molecular flexibility index (Phi) is 4.87. The summed E-state index contributed by atoms with van der Waals surface area (Å²) in [5.41, 5.74) is 1.15. The minimum Gasteiger partial charge on any atom is -0.506 e. The molecule has 1 heterocycles. The van der Waals surface area contributed by atoms with Gasteiger partial charge in [-0.25, -0.2) is 0 Å². The molecular weight excluding hydrogens is 248 g/mol. The lowest BCUT2D eigenvalue weighted by Crippen LogP contribution is -2.34. The molecule has 0 amide bonds. The summed E-state index contributed by atoms with van der Waals surface area (Å²) in [7, 11) is 2.14. The van der Waals surface area contributed by atoms with Gasteiger partial charge in [0.05, 0.1) is 5.02 Å². The zero-order valence-corrected chi connectivity index (χ0v) is 11.6. The second-order valence-electron chi connectivity index (χ2n) is 5.18. The molecule has 1 saturated heterocycles. The van der Waals surface area contributed by atoms with E-state index in [1.165, 1.54) is 12.8 Å². The van der Waals surface area contributed by atoms with Crippen LogP contribution in [0.1, 0.15) is 18.4 Å². The monoisotopic (exact) mass is 268 g/mol. The van der Waals surface area contributed by atoms with Crippen LogP contribution in [0.15, 0.2) is 18.2 Å². The van der Waals surface area contributed by atoms with Crippen molar-refractivity contribution in [3.05, 3.63) is 28.8 Å². The number of rotatable bonds is 4. The van der Waals surface area contributed by atoms with E-state index >= 15 is 0 Å². The Labute approximate surface area is 114 Å². The molecule has 3 nitrogen and oxygen atoms in total. The van der Waals surface area contributed by atoms with Crippen LogP contribution >= 0.6 is 11.6 Å². The predicted octanol–water partition coefficient (Wildman–Crippen LogP) is 2.48. The summed E-state index contributed by atoms with van der Waals surface area (Å²) in [4.78, 5) is 2.33. The summed E-state index contributed by atoms with van der Waals surface area (Å²) < 4.78 is 0. The molecule has 0 unspecified atom stereocenters. The molecule has 2 N–H and O–H groups in total. The minimum absolute atomic E-state index is 0.154. The molecule has 0 spiro atoms. The smallest absolute Gasteiger partial charge is 0.134 e. The molecule has 0 saturated carbocycles. The van der Waals surface area contributed by atoms with Crippen molar-refractivity contribution in [3.8, 4) is 5.75 Å². The van der Waals surface area contributed by atoms with E-state index < -0.39 is 0 Å². The summed E-state index contributed by atoms with van der Waals surface area (Å²) >= 11 is 5.91. The van der Waals surface area contributed by atoms with E-state index in [1.807, 2.05) is 12.1 Å². The zero-order chi connectivity index (χ0) is 13.0. The Morgan fingerprint density at radius 3 is 2.78 bits per heavy atom. The van der Waals surface area contributed by atoms with Gasteiger partial charge < -0.3 is 15.3 Å². The van der Waals surface area contributed by atoms with Crippen molar-refractivity contribution < 1.29 is 5.11 Å². The van der Waals surface area contributed by atoms with Crippen LogP contribution < -0.4 is 5.32 Å². The maximum atomic E-state index is 9.39. The first-order valence-electron chi connectivity index (χ1n) is 6.52. The Bertz CT molecular complexity index is 391. The molecule has 100 valence electrons. The fourth-order valence-corrected chi connectivity index (χ4v) is 2.73. The van der Waals surface area contributed by atoms with E-state index in [9.17, 15) is 5.11 Å². The van der Waals surface area contributed by atoms with Crippen LogP contribution in [0.4, 0.5) is 0 Å². The molecule has 1 aromatic carbocycles. The van der Waals surface area contributed by atoms with Gasteiger partial charge in [-0.3, -0.25) is 0 Å². The molecule has 0 radical (unpaired) electrons. The first-order chi connectivity index (χ1) is 8.65. The third kappa shape index (κ3) is 3.87. The summed E-state index contributed by atoms with van der Waals surface area (Å²) in [6, 6.07) is 5.44. The number of hydrogen-bond donors (Lipinski definition) is 2. The van der Waals surface area contributed by atoms with Crippen molar-refractivity contribution in [2.24, 2.45) is 5.92 Å². The largest absolute Gasteiger partial charge is 0.506 e. The van der Waals surface area contributed by atoms with E-state index in [2.05, 4.69) is 17.3 Å². The van der Waals surface area contributed by atoms with Crippen molar-refractivity contribution >= 4 is 11.6 Å². The van der Waals surface area contributed by atoms with Gasteiger partial charge in [0.15, 0.2) is 0 Å². The molecule has 0 aliphatic carbocycles. The van der Waals surface area contributed by atoms with Gasteiger partial charge >= 0.3 is 0 Å². The number of aromatic hydroxyl groups is 1. The maximum absolute atomic E-state index is 9.39. The molecule has 18 heavy (non-hydrogen) atoms. The second-order valence-corrected chi connectivity index (χ2v) is 5.58. The molecule has 1 aromatic rings. The Morgan fingerprint density at radius 1 is 1.39 bits per heavy atom. The first kappa shape index (κ1) is 13.7. The number of nitrogens with zero attached hydrogens (tertiary/aromatic N) is 1. The lowest BCUT2D eigenvalue weighted by molar-refractivity contribution is 0.234. The van der Waals surface area contributed by atoms with Gasteiger partial charge in [-0.05, 0) is 56.6 Å². The standard InChI is InChI=1S/C14H21ClN2O/c1-17(9-11-4-6-16-7-5-11)10-12-2-3-14(18)13(15)8-12/h2-3,8,11,16,18H,4-7,9-10H2,1H3. The SMILES string of the molecule is CN(Cc1ccc(O)c(Cl)c1)CC1CCNCC1. The van der Waals surface area contributed by atoms with Gasteiger partial charge in [0.1, 0.15) is 5.75 Å². The van der Waals surface area contributed by atoms with E-state index in [0.29, 0.717) is 5.02 Å². The molecule has 2 rings (SSSR count). The van der Waals surface area contributed by atoms with Crippen LogP contribution in [-0.2, 0) is 6.54 Å². The molecule has 0 aromatic heterocycles. The maximum Gasteiger partial charge on any atom is 0.134 e. The summed E-state index contributed by atoms with van der Waals surface area (Å²) in [6.07, 6.45) is 2.53. The van der Waals surface area contributed by atoms with Gasteiger partial charge in [0.2, 0.25) is 0 Å². The summed E-state index contributed by atoms with van der Waals surface area (Å²) in [5.74, 6) is 0.949. The van der Waals surface area contributed by atoms with Crippen LogP contribution in [-0.4, -0.2) is 36.7 Å². The van der Waals surface area contributed by atoms with E-state index in [-0.39, 0.29) is 5.75 Å². The van der Waals surface area contributed by atoms with Crippen molar-refractivity contribution in [1.29, 1.82) is 0 Å². The second kappa shape index (κ2) is 6.41. The average Bonchev–Trinajstić information content (AvgIpc) is 2.35. The van der Waals surface area contributed by atoms with Crippen molar-refractivity contribution in [1.82, 2.24) is 10.2 Å². The molecule has 1 fully saturated rings. The molecule has 1 aliphatic rings. The zero-order valence-electron chi connectivity index (χ0n) is 10.8.